The van der Waals surface area contributed by atoms with Gasteiger partial charge in [0.05, 0.1) is 11.9 Å². The number of alkyl carbamates (subject to hydrolysis) is 1. The molecule has 0 rings (SSSR count). The summed E-state index contributed by atoms with van der Waals surface area (Å²) in [5, 5.41) is 2.58. The van der Waals surface area contributed by atoms with Crippen molar-refractivity contribution in [2.45, 2.75) is 52.7 Å². The number of amides is 1. The first-order valence-corrected chi connectivity index (χ1v) is 6.33. The molecule has 0 saturated heterocycles. The van der Waals surface area contributed by atoms with Crippen molar-refractivity contribution in [3.8, 4) is 0 Å². The summed E-state index contributed by atoms with van der Waals surface area (Å²) in [5.41, 5.74) is -0.575. The molecule has 1 amide bonds. The molecule has 5 heteroatoms. The average molecular weight is 264 g/mol. The van der Waals surface area contributed by atoms with E-state index in [2.05, 4.69) is 5.32 Å². The highest BCUT2D eigenvalue weighted by molar-refractivity contribution is 6.28. The van der Waals surface area contributed by atoms with E-state index in [1.165, 1.54) is 0 Å². The Kier molecular flexibility index (Phi) is 6.53. The molecule has 0 bridgehead atoms. The molecule has 0 radical (unpaired) electrons. The number of alkyl halides is 1. The quantitative estimate of drug-likeness (QED) is 0.776. The van der Waals surface area contributed by atoms with Crippen LogP contribution in [0.2, 0.25) is 0 Å². The van der Waals surface area contributed by atoms with Gasteiger partial charge in [0, 0.05) is 0 Å². The second-order valence-electron chi connectivity index (χ2n) is 5.11. The second kappa shape index (κ2) is 6.84. The van der Waals surface area contributed by atoms with Gasteiger partial charge < -0.3 is 10.1 Å². The van der Waals surface area contributed by atoms with Crippen molar-refractivity contribution < 1.29 is 14.3 Å². The van der Waals surface area contributed by atoms with Gasteiger partial charge in [-0.3, -0.25) is 4.79 Å². The van der Waals surface area contributed by atoms with E-state index in [-0.39, 0.29) is 17.6 Å². The van der Waals surface area contributed by atoms with E-state index in [0.29, 0.717) is 0 Å². The molecule has 0 aliphatic heterocycles. The third-order valence-electron chi connectivity index (χ3n) is 2.36. The number of rotatable bonds is 5. The van der Waals surface area contributed by atoms with Gasteiger partial charge in [-0.15, -0.1) is 11.6 Å². The van der Waals surface area contributed by atoms with E-state index >= 15 is 0 Å². The monoisotopic (exact) mass is 263 g/mol. The van der Waals surface area contributed by atoms with Gasteiger partial charge in [-0.1, -0.05) is 20.3 Å². The lowest BCUT2D eigenvalue weighted by Gasteiger charge is -2.25. The normalized spacial score (nSPS) is 14.9. The topological polar surface area (TPSA) is 55.4 Å². The van der Waals surface area contributed by atoms with Crippen LogP contribution in [0.1, 0.15) is 41.0 Å². The van der Waals surface area contributed by atoms with Crippen LogP contribution in [0.5, 0.6) is 0 Å². The van der Waals surface area contributed by atoms with E-state index in [9.17, 15) is 9.59 Å². The zero-order chi connectivity index (χ0) is 13.6. The van der Waals surface area contributed by atoms with Crippen molar-refractivity contribution in [2.75, 3.05) is 5.88 Å². The van der Waals surface area contributed by atoms with Gasteiger partial charge in [-0.25, -0.2) is 4.79 Å². The van der Waals surface area contributed by atoms with Crippen LogP contribution in [-0.4, -0.2) is 29.4 Å². The van der Waals surface area contributed by atoms with Gasteiger partial charge in [-0.05, 0) is 26.7 Å². The number of Topliss-reactive ketones (excluding diaryl/α,β-unsaturated/α-hetero) is 1. The lowest BCUT2D eigenvalue weighted by molar-refractivity contribution is -0.119. The fourth-order valence-corrected chi connectivity index (χ4v) is 1.46. The summed E-state index contributed by atoms with van der Waals surface area (Å²) in [4.78, 5) is 23.2. The van der Waals surface area contributed by atoms with Gasteiger partial charge in [0.1, 0.15) is 5.60 Å². The van der Waals surface area contributed by atoms with Crippen molar-refractivity contribution in [3.05, 3.63) is 0 Å². The van der Waals surface area contributed by atoms with E-state index in [0.717, 1.165) is 6.42 Å². The van der Waals surface area contributed by atoms with Crippen LogP contribution in [0.4, 0.5) is 4.79 Å². The predicted octanol–water partition coefficient (Wildman–Crippen LogP) is 2.73. The molecule has 0 aliphatic carbocycles. The first-order chi connectivity index (χ1) is 7.71. The number of ketones is 1. The zero-order valence-corrected chi connectivity index (χ0v) is 11.9. The molecule has 1 N–H and O–H groups in total. The van der Waals surface area contributed by atoms with Gasteiger partial charge in [-0.2, -0.15) is 0 Å². The number of halogens is 1. The van der Waals surface area contributed by atoms with Gasteiger partial charge in [0.25, 0.3) is 0 Å². The Labute approximate surface area is 108 Å². The van der Waals surface area contributed by atoms with Crippen LogP contribution < -0.4 is 5.32 Å². The summed E-state index contributed by atoms with van der Waals surface area (Å²) >= 11 is 5.52. The minimum atomic E-state index is -0.582. The summed E-state index contributed by atoms with van der Waals surface area (Å²) in [6.45, 7) is 9.17. The molecule has 0 fully saturated rings. The predicted molar refractivity (Wildman–Crippen MR) is 68.3 cm³/mol. The average Bonchev–Trinajstić information content (AvgIpc) is 2.21. The second-order valence-corrected chi connectivity index (χ2v) is 5.38. The number of carbonyl (C=O) groups is 2. The van der Waals surface area contributed by atoms with Crippen LogP contribution in [0, 0.1) is 5.92 Å². The van der Waals surface area contributed by atoms with Crippen molar-refractivity contribution in [2.24, 2.45) is 5.92 Å². The van der Waals surface area contributed by atoms with Crippen LogP contribution in [0.3, 0.4) is 0 Å². The van der Waals surface area contributed by atoms with Crippen LogP contribution in [0.15, 0.2) is 0 Å². The maximum atomic E-state index is 11.6. The standard InChI is InChI=1S/C12H22ClNO3/c1-6-8(2)10(9(15)7-13)14-11(16)17-12(3,4)5/h8,10H,6-7H2,1-5H3,(H,14,16)/t8-,10+/m1/s1. The summed E-state index contributed by atoms with van der Waals surface area (Å²) in [6.07, 6.45) is 0.199. The third-order valence-corrected chi connectivity index (χ3v) is 2.63. The smallest absolute Gasteiger partial charge is 0.408 e. The third kappa shape index (κ3) is 6.51. The Bertz CT molecular complexity index is 273. The lowest BCUT2D eigenvalue weighted by Crippen LogP contribution is -2.47. The molecule has 0 aromatic heterocycles. The zero-order valence-electron chi connectivity index (χ0n) is 11.2. The number of ether oxygens (including phenoxy) is 1. The summed E-state index contributed by atoms with van der Waals surface area (Å²) in [6, 6.07) is -0.577. The molecule has 4 nitrogen and oxygen atoms in total. The molecule has 0 heterocycles. The van der Waals surface area contributed by atoms with Crippen LogP contribution in [0.25, 0.3) is 0 Å². The molecule has 0 unspecified atom stereocenters. The van der Waals surface area contributed by atoms with E-state index in [1.807, 2.05) is 13.8 Å². The molecule has 2 atom stereocenters. The summed E-state index contributed by atoms with van der Waals surface area (Å²) in [5.74, 6) is -0.259. The van der Waals surface area contributed by atoms with Crippen molar-refractivity contribution in [1.82, 2.24) is 5.32 Å². The number of carbonyl (C=O) groups excluding carboxylic acids is 2. The first kappa shape index (κ1) is 16.2. The molecule has 0 saturated carbocycles. The lowest BCUT2D eigenvalue weighted by atomic mass is 9.96. The van der Waals surface area contributed by atoms with Crippen LogP contribution >= 0.6 is 11.6 Å². The highest BCUT2D eigenvalue weighted by Crippen LogP contribution is 2.12. The number of nitrogens with one attached hydrogen (secondary N) is 1. The molecule has 17 heavy (non-hydrogen) atoms. The fraction of sp³-hybridized carbons (Fsp3) is 0.833. The SMILES string of the molecule is CC[C@@H](C)[C@H](NC(=O)OC(C)(C)C)C(=O)CCl. The molecular weight excluding hydrogens is 242 g/mol. The molecular formula is C12H22ClNO3. The minimum Gasteiger partial charge on any atom is -0.444 e. The Morgan fingerprint density at radius 2 is 1.88 bits per heavy atom. The van der Waals surface area contributed by atoms with Gasteiger partial charge >= 0.3 is 6.09 Å². The maximum Gasteiger partial charge on any atom is 0.408 e. The molecule has 0 spiro atoms. The summed E-state index contributed by atoms with van der Waals surface area (Å²) < 4.78 is 5.11. The molecule has 0 aromatic carbocycles. The van der Waals surface area contributed by atoms with Crippen molar-refractivity contribution >= 4 is 23.5 Å². The Hall–Kier alpha value is -0.770. The van der Waals surface area contributed by atoms with Crippen molar-refractivity contribution in [1.29, 1.82) is 0 Å². The minimum absolute atomic E-state index is 0.0359. The van der Waals surface area contributed by atoms with E-state index in [4.69, 9.17) is 16.3 Å². The summed E-state index contributed by atoms with van der Waals surface area (Å²) in [7, 11) is 0. The van der Waals surface area contributed by atoms with E-state index in [1.54, 1.807) is 20.8 Å². The molecule has 100 valence electrons. The largest absolute Gasteiger partial charge is 0.444 e. The Morgan fingerprint density at radius 3 is 2.24 bits per heavy atom. The highest BCUT2D eigenvalue weighted by Gasteiger charge is 2.27. The first-order valence-electron chi connectivity index (χ1n) is 5.79. The maximum absolute atomic E-state index is 11.6. The Balaban J connectivity index is 4.54. The molecule has 0 aliphatic rings. The fourth-order valence-electron chi connectivity index (χ4n) is 1.29. The van der Waals surface area contributed by atoms with Crippen LogP contribution in [-0.2, 0) is 9.53 Å². The molecule has 0 aromatic rings. The van der Waals surface area contributed by atoms with E-state index < -0.39 is 17.7 Å². The number of hydrogen-bond acceptors (Lipinski definition) is 3. The van der Waals surface area contributed by atoms with Crippen molar-refractivity contribution in [3.63, 3.8) is 0 Å². The van der Waals surface area contributed by atoms with Gasteiger partial charge in [0.2, 0.25) is 0 Å². The number of hydrogen-bond donors (Lipinski definition) is 1. The highest BCUT2D eigenvalue weighted by atomic mass is 35.5. The van der Waals surface area contributed by atoms with Gasteiger partial charge in [0.15, 0.2) is 5.78 Å². The Morgan fingerprint density at radius 1 is 1.35 bits per heavy atom.